The fourth-order valence-electron chi connectivity index (χ4n) is 3.39. The number of nitrogens with zero attached hydrogens (tertiary/aromatic N) is 4. The van der Waals surface area contributed by atoms with Gasteiger partial charge in [0.1, 0.15) is 29.8 Å². The molecule has 0 radical (unpaired) electrons. The zero-order valence-electron chi connectivity index (χ0n) is 18.7. The van der Waals surface area contributed by atoms with Crippen molar-refractivity contribution in [1.29, 1.82) is 0 Å². The number of carbonyl (C=O) groups is 1. The van der Waals surface area contributed by atoms with Gasteiger partial charge < -0.3 is 20.1 Å². The lowest BCUT2D eigenvalue weighted by Gasteiger charge is -2.17. The number of aromatic nitrogens is 2. The summed E-state index contributed by atoms with van der Waals surface area (Å²) in [5.74, 6) is -0.0995. The summed E-state index contributed by atoms with van der Waals surface area (Å²) in [4.78, 5) is 31.6. The second-order valence-corrected chi connectivity index (χ2v) is 8.17. The summed E-state index contributed by atoms with van der Waals surface area (Å²) in [5.41, 5.74) is 1.49. The Kier molecular flexibility index (Phi) is 7.68. The zero-order chi connectivity index (χ0) is 24.8. The summed E-state index contributed by atoms with van der Waals surface area (Å²) in [7, 11) is 1.50. The lowest BCUT2D eigenvalue weighted by Crippen LogP contribution is -2.18. The third-order valence-electron chi connectivity index (χ3n) is 5.14. The number of halogens is 2. The molecular formula is C23H22ClFN6O4. The van der Waals surface area contributed by atoms with E-state index in [1.807, 2.05) is 0 Å². The van der Waals surface area contributed by atoms with Crippen LogP contribution in [0.2, 0.25) is 5.02 Å². The highest BCUT2D eigenvalue weighted by atomic mass is 35.5. The molecule has 1 saturated heterocycles. The molecular weight excluding hydrogens is 479 g/mol. The number of amides is 1. The van der Waals surface area contributed by atoms with Gasteiger partial charge in [0.25, 0.3) is 0 Å². The SMILES string of the molecule is CN(C/C=C/C(=O)Nc1cc2c(Nc3ccc(F)c(Cl)c3)ncnc2cc1OC1CCOC1)N=O. The fourth-order valence-corrected chi connectivity index (χ4v) is 3.58. The van der Waals surface area contributed by atoms with Crippen LogP contribution in [-0.2, 0) is 9.53 Å². The van der Waals surface area contributed by atoms with Crippen molar-refractivity contribution in [3.8, 4) is 5.75 Å². The maximum absolute atomic E-state index is 13.6. The molecule has 1 aromatic heterocycles. The van der Waals surface area contributed by atoms with E-state index in [9.17, 15) is 14.1 Å². The Morgan fingerprint density at radius 1 is 1.37 bits per heavy atom. The summed E-state index contributed by atoms with van der Waals surface area (Å²) in [6, 6.07) is 7.63. The van der Waals surface area contributed by atoms with Gasteiger partial charge in [0.05, 0.1) is 41.3 Å². The second kappa shape index (κ2) is 11.1. The van der Waals surface area contributed by atoms with Crippen LogP contribution in [0.15, 0.2) is 54.1 Å². The monoisotopic (exact) mass is 500 g/mol. The molecule has 10 nitrogen and oxygen atoms in total. The maximum atomic E-state index is 13.6. The number of ether oxygens (including phenoxy) is 2. The molecule has 182 valence electrons. The normalized spacial score (nSPS) is 15.3. The van der Waals surface area contributed by atoms with E-state index in [0.29, 0.717) is 47.1 Å². The average molecular weight is 501 g/mol. The Morgan fingerprint density at radius 2 is 2.23 bits per heavy atom. The number of anilines is 3. The van der Waals surface area contributed by atoms with Crippen molar-refractivity contribution in [1.82, 2.24) is 15.0 Å². The number of hydrogen-bond acceptors (Lipinski definition) is 8. The Morgan fingerprint density at radius 3 is 2.97 bits per heavy atom. The maximum Gasteiger partial charge on any atom is 0.248 e. The van der Waals surface area contributed by atoms with Crippen LogP contribution < -0.4 is 15.4 Å². The number of likely N-dealkylation sites (N-methyl/N-ethyl adjacent to an activating group) is 1. The molecule has 4 rings (SSSR count). The lowest BCUT2D eigenvalue weighted by atomic mass is 10.1. The minimum Gasteiger partial charge on any atom is -0.486 e. The number of fused-ring (bicyclic) bond motifs is 1. The molecule has 1 aliphatic rings. The van der Waals surface area contributed by atoms with Crippen LogP contribution in [-0.4, -0.2) is 53.8 Å². The first-order valence-corrected chi connectivity index (χ1v) is 11.1. The average Bonchev–Trinajstić information content (AvgIpc) is 3.35. The van der Waals surface area contributed by atoms with Gasteiger partial charge in [-0.15, -0.1) is 4.91 Å². The fraction of sp³-hybridized carbons (Fsp3) is 0.261. The van der Waals surface area contributed by atoms with Crippen molar-refractivity contribution in [2.24, 2.45) is 5.29 Å². The van der Waals surface area contributed by atoms with E-state index in [1.54, 1.807) is 12.1 Å². The Hall–Kier alpha value is -3.83. The largest absolute Gasteiger partial charge is 0.486 e. The first-order valence-electron chi connectivity index (χ1n) is 10.7. The molecule has 0 bridgehead atoms. The molecule has 2 N–H and O–H groups in total. The number of carbonyl (C=O) groups excluding carboxylic acids is 1. The van der Waals surface area contributed by atoms with Crippen LogP contribution >= 0.6 is 11.6 Å². The molecule has 1 atom stereocenters. The van der Waals surface area contributed by atoms with Gasteiger partial charge >= 0.3 is 0 Å². The standard InChI is InChI=1S/C23H22ClFN6O4/c1-31(30-33)7-2-3-22(32)29-20-10-16-19(11-21(20)35-15-6-8-34-12-15)26-13-27-23(16)28-14-4-5-18(25)17(24)9-14/h2-5,9-11,13,15H,6-8,12H2,1H3,(H,29,32)(H,26,27,28)/b3-2+. The predicted octanol–water partition coefficient (Wildman–Crippen LogP) is 4.44. The predicted molar refractivity (Wildman–Crippen MR) is 130 cm³/mol. The highest BCUT2D eigenvalue weighted by Gasteiger charge is 2.20. The molecule has 0 saturated carbocycles. The van der Waals surface area contributed by atoms with Gasteiger partial charge in [0, 0.05) is 36.7 Å². The Bertz CT molecular complexity index is 1270. The van der Waals surface area contributed by atoms with Gasteiger partial charge in [0.15, 0.2) is 0 Å². The first-order chi connectivity index (χ1) is 16.9. The zero-order valence-corrected chi connectivity index (χ0v) is 19.5. The van der Waals surface area contributed by atoms with E-state index < -0.39 is 11.7 Å². The molecule has 0 spiro atoms. The Balaban J connectivity index is 1.66. The second-order valence-electron chi connectivity index (χ2n) is 7.76. The molecule has 1 fully saturated rings. The first kappa shape index (κ1) is 24.3. The van der Waals surface area contributed by atoms with E-state index in [4.69, 9.17) is 21.1 Å². The molecule has 1 unspecified atom stereocenters. The van der Waals surface area contributed by atoms with Crippen molar-refractivity contribution < 1.29 is 18.7 Å². The van der Waals surface area contributed by atoms with E-state index in [0.717, 1.165) is 11.4 Å². The molecule has 0 aliphatic carbocycles. The summed E-state index contributed by atoms with van der Waals surface area (Å²) < 4.78 is 25.0. The molecule has 1 aliphatic heterocycles. The third-order valence-corrected chi connectivity index (χ3v) is 5.43. The van der Waals surface area contributed by atoms with Gasteiger partial charge in [0.2, 0.25) is 5.91 Å². The summed E-state index contributed by atoms with van der Waals surface area (Å²) in [6.07, 6.45) is 4.76. The molecule has 1 amide bonds. The smallest absolute Gasteiger partial charge is 0.248 e. The minimum absolute atomic E-state index is 0.0296. The topological polar surface area (TPSA) is 118 Å². The summed E-state index contributed by atoms with van der Waals surface area (Å²) in [5, 5.41) is 10.4. The van der Waals surface area contributed by atoms with Crippen LogP contribution in [0.3, 0.4) is 0 Å². The lowest BCUT2D eigenvalue weighted by molar-refractivity contribution is -0.111. The minimum atomic E-state index is -0.532. The van der Waals surface area contributed by atoms with Gasteiger partial charge in [-0.1, -0.05) is 17.7 Å². The molecule has 12 heteroatoms. The van der Waals surface area contributed by atoms with E-state index in [-0.39, 0.29) is 17.7 Å². The van der Waals surface area contributed by atoms with Crippen LogP contribution in [0, 0.1) is 10.7 Å². The highest BCUT2D eigenvalue weighted by molar-refractivity contribution is 6.31. The van der Waals surface area contributed by atoms with E-state index >= 15 is 0 Å². The van der Waals surface area contributed by atoms with Crippen molar-refractivity contribution in [2.75, 3.05) is 37.4 Å². The molecule has 3 aromatic rings. The third kappa shape index (κ3) is 6.19. The van der Waals surface area contributed by atoms with Crippen LogP contribution in [0.1, 0.15) is 6.42 Å². The summed E-state index contributed by atoms with van der Waals surface area (Å²) in [6.45, 7) is 1.22. The number of nitroso groups, excluding NO2 is 1. The summed E-state index contributed by atoms with van der Waals surface area (Å²) >= 11 is 5.90. The van der Waals surface area contributed by atoms with Crippen LogP contribution in [0.25, 0.3) is 10.9 Å². The quantitative estimate of drug-likeness (QED) is 0.251. The van der Waals surface area contributed by atoms with Gasteiger partial charge in [-0.25, -0.2) is 14.4 Å². The van der Waals surface area contributed by atoms with Crippen LogP contribution in [0.5, 0.6) is 5.75 Å². The van der Waals surface area contributed by atoms with Crippen LogP contribution in [0.4, 0.5) is 21.6 Å². The Labute approximate surface area is 205 Å². The highest BCUT2D eigenvalue weighted by Crippen LogP contribution is 2.35. The van der Waals surface area contributed by atoms with Crippen molar-refractivity contribution >= 4 is 45.6 Å². The van der Waals surface area contributed by atoms with Crippen molar-refractivity contribution in [2.45, 2.75) is 12.5 Å². The van der Waals surface area contributed by atoms with Crippen molar-refractivity contribution in [3.05, 3.63) is 64.6 Å². The van der Waals surface area contributed by atoms with E-state index in [1.165, 1.54) is 43.7 Å². The van der Waals surface area contributed by atoms with Gasteiger partial charge in [-0.2, -0.15) is 0 Å². The molecule has 35 heavy (non-hydrogen) atoms. The number of benzene rings is 2. The number of nitrogens with one attached hydrogen (secondary N) is 2. The number of rotatable bonds is 9. The number of hydrogen-bond donors (Lipinski definition) is 2. The van der Waals surface area contributed by atoms with Gasteiger partial charge in [-0.3, -0.25) is 9.80 Å². The van der Waals surface area contributed by atoms with E-state index in [2.05, 4.69) is 25.9 Å². The van der Waals surface area contributed by atoms with Gasteiger partial charge in [-0.05, 0) is 24.3 Å². The molecule has 2 aromatic carbocycles. The van der Waals surface area contributed by atoms with Crippen molar-refractivity contribution in [3.63, 3.8) is 0 Å². The molecule has 2 heterocycles.